The fourth-order valence-corrected chi connectivity index (χ4v) is 4.12. The van der Waals surface area contributed by atoms with Crippen LogP contribution in [0.15, 0.2) is 42.9 Å². The van der Waals surface area contributed by atoms with Crippen LogP contribution in [0.25, 0.3) is 22.0 Å². The number of nitrogens with zero attached hydrogens (tertiary/aromatic N) is 3. The lowest BCUT2D eigenvalue weighted by molar-refractivity contribution is -0.106. The highest BCUT2D eigenvalue weighted by Crippen LogP contribution is 2.35. The minimum atomic E-state index is -0.173. The monoisotopic (exact) mass is 392 g/mol. The molecule has 1 aliphatic carbocycles. The van der Waals surface area contributed by atoms with Crippen molar-refractivity contribution in [1.82, 2.24) is 20.1 Å². The molecule has 1 saturated carbocycles. The Balaban J connectivity index is 1.42. The standard InChI is InChI=1S/C23H28N4O2/c1-23(2)15-24-12-19(29-23)14-28-22-10-16(9-21-20(22)7-4-8-25-21)17-11-26-27(13-17)18-5-3-6-18/h4,7-11,13,18-19,24H,3,5-6,12,14-15H2,1-2H3/t19-/m0/s1. The summed E-state index contributed by atoms with van der Waals surface area (Å²) in [7, 11) is 0. The summed E-state index contributed by atoms with van der Waals surface area (Å²) in [5.74, 6) is 0.842. The second-order valence-electron chi connectivity index (χ2n) is 8.78. The van der Waals surface area contributed by atoms with Crippen molar-refractivity contribution in [2.45, 2.75) is 50.9 Å². The van der Waals surface area contributed by atoms with E-state index in [0.29, 0.717) is 12.6 Å². The zero-order valence-corrected chi connectivity index (χ0v) is 17.1. The molecule has 0 spiro atoms. The number of aromatic nitrogens is 3. The maximum Gasteiger partial charge on any atom is 0.129 e. The van der Waals surface area contributed by atoms with Gasteiger partial charge in [-0.05, 0) is 62.9 Å². The molecule has 0 amide bonds. The largest absolute Gasteiger partial charge is 0.490 e. The summed E-state index contributed by atoms with van der Waals surface area (Å²) in [6.07, 6.45) is 9.69. The lowest BCUT2D eigenvalue weighted by atomic mass is 9.93. The Kier molecular flexibility index (Phi) is 4.76. The van der Waals surface area contributed by atoms with Crippen LogP contribution in [0.2, 0.25) is 0 Å². The number of fused-ring (bicyclic) bond motifs is 1. The van der Waals surface area contributed by atoms with Gasteiger partial charge in [-0.1, -0.05) is 0 Å². The molecule has 5 rings (SSSR count). The molecule has 6 heteroatoms. The first-order valence-corrected chi connectivity index (χ1v) is 10.5. The topological polar surface area (TPSA) is 61.2 Å². The van der Waals surface area contributed by atoms with Crippen molar-refractivity contribution < 1.29 is 9.47 Å². The van der Waals surface area contributed by atoms with Crippen LogP contribution < -0.4 is 10.1 Å². The maximum atomic E-state index is 6.27. The summed E-state index contributed by atoms with van der Waals surface area (Å²) in [5, 5.41) is 9.04. The minimum Gasteiger partial charge on any atom is -0.490 e. The van der Waals surface area contributed by atoms with Crippen molar-refractivity contribution in [3.63, 3.8) is 0 Å². The van der Waals surface area contributed by atoms with Crippen molar-refractivity contribution in [3.05, 3.63) is 42.9 Å². The lowest BCUT2D eigenvalue weighted by Crippen LogP contribution is -2.52. The highest BCUT2D eigenvalue weighted by Gasteiger charge is 2.28. The van der Waals surface area contributed by atoms with E-state index in [9.17, 15) is 0 Å². The van der Waals surface area contributed by atoms with Gasteiger partial charge in [0.05, 0.1) is 23.4 Å². The van der Waals surface area contributed by atoms with E-state index in [-0.39, 0.29) is 11.7 Å². The van der Waals surface area contributed by atoms with E-state index in [1.165, 1.54) is 19.3 Å². The van der Waals surface area contributed by atoms with Crippen molar-refractivity contribution in [3.8, 4) is 16.9 Å². The van der Waals surface area contributed by atoms with Crippen LogP contribution in [0.1, 0.15) is 39.2 Å². The predicted octanol–water partition coefficient (Wildman–Crippen LogP) is 3.97. The van der Waals surface area contributed by atoms with E-state index in [2.05, 4.69) is 58.3 Å². The van der Waals surface area contributed by atoms with Gasteiger partial charge in [-0.25, -0.2) is 0 Å². The van der Waals surface area contributed by atoms with Gasteiger partial charge in [0.1, 0.15) is 18.5 Å². The SMILES string of the molecule is CC1(C)CNC[C@@H](COc2cc(-c3cnn(C4CCC4)c3)cc3ncccc23)O1. The first-order valence-electron chi connectivity index (χ1n) is 10.5. The molecule has 2 aliphatic rings. The molecule has 6 nitrogen and oxygen atoms in total. The number of hydrogen-bond acceptors (Lipinski definition) is 5. The quantitative estimate of drug-likeness (QED) is 0.712. The third kappa shape index (κ3) is 3.87. The number of benzene rings is 1. The first kappa shape index (κ1) is 18.6. The van der Waals surface area contributed by atoms with Crippen molar-refractivity contribution in [2.24, 2.45) is 0 Å². The maximum absolute atomic E-state index is 6.27. The van der Waals surface area contributed by atoms with E-state index in [1.807, 2.05) is 18.5 Å². The minimum absolute atomic E-state index is 0.0236. The second-order valence-corrected chi connectivity index (χ2v) is 8.78. The summed E-state index contributed by atoms with van der Waals surface area (Å²) in [4.78, 5) is 4.56. The molecule has 2 fully saturated rings. The van der Waals surface area contributed by atoms with Gasteiger partial charge in [0.2, 0.25) is 0 Å². The summed E-state index contributed by atoms with van der Waals surface area (Å²) >= 11 is 0. The second kappa shape index (κ2) is 7.43. The molecule has 3 aromatic rings. The Labute approximate surface area is 171 Å². The molecule has 152 valence electrons. The van der Waals surface area contributed by atoms with E-state index < -0.39 is 0 Å². The number of ether oxygens (including phenoxy) is 2. The number of pyridine rings is 1. The van der Waals surface area contributed by atoms with Crippen LogP contribution in [-0.2, 0) is 4.74 Å². The molecule has 0 radical (unpaired) electrons. The van der Waals surface area contributed by atoms with Gasteiger partial charge in [-0.2, -0.15) is 5.10 Å². The molecule has 1 atom stereocenters. The van der Waals surface area contributed by atoms with Gasteiger partial charge in [0.15, 0.2) is 0 Å². The molecule has 1 aliphatic heterocycles. The predicted molar refractivity (Wildman–Crippen MR) is 113 cm³/mol. The van der Waals surface area contributed by atoms with E-state index in [1.54, 1.807) is 0 Å². The number of nitrogens with one attached hydrogen (secondary N) is 1. The Morgan fingerprint density at radius 1 is 1.28 bits per heavy atom. The Bertz CT molecular complexity index is 1010. The highest BCUT2D eigenvalue weighted by atomic mass is 16.5. The Hall–Kier alpha value is -2.44. The first-order chi connectivity index (χ1) is 14.1. The van der Waals surface area contributed by atoms with Crippen molar-refractivity contribution in [2.75, 3.05) is 19.7 Å². The van der Waals surface area contributed by atoms with E-state index in [4.69, 9.17) is 9.47 Å². The van der Waals surface area contributed by atoms with Gasteiger partial charge < -0.3 is 14.8 Å². The van der Waals surface area contributed by atoms with Crippen LogP contribution in [0.5, 0.6) is 5.75 Å². The molecule has 1 saturated heterocycles. The fourth-order valence-electron chi connectivity index (χ4n) is 4.12. The van der Waals surface area contributed by atoms with Gasteiger partial charge in [0.25, 0.3) is 0 Å². The molecule has 0 bridgehead atoms. The van der Waals surface area contributed by atoms with Crippen LogP contribution in [-0.4, -0.2) is 46.2 Å². The number of hydrogen-bond donors (Lipinski definition) is 1. The smallest absolute Gasteiger partial charge is 0.129 e. The third-order valence-electron chi connectivity index (χ3n) is 5.90. The van der Waals surface area contributed by atoms with E-state index in [0.717, 1.165) is 40.9 Å². The lowest BCUT2D eigenvalue weighted by Gasteiger charge is -2.36. The summed E-state index contributed by atoms with van der Waals surface area (Å²) in [6, 6.07) is 8.78. The van der Waals surface area contributed by atoms with Crippen LogP contribution in [0, 0.1) is 0 Å². The normalized spacial score (nSPS) is 21.8. The van der Waals surface area contributed by atoms with Crippen LogP contribution in [0.3, 0.4) is 0 Å². The molecular weight excluding hydrogens is 364 g/mol. The van der Waals surface area contributed by atoms with Gasteiger partial charge in [0, 0.05) is 36.4 Å². The average molecular weight is 393 g/mol. The summed E-state index contributed by atoms with van der Waals surface area (Å²) < 4.78 is 14.5. The Morgan fingerprint density at radius 3 is 2.97 bits per heavy atom. The molecule has 29 heavy (non-hydrogen) atoms. The molecule has 1 aromatic carbocycles. The van der Waals surface area contributed by atoms with Crippen molar-refractivity contribution in [1.29, 1.82) is 0 Å². The summed E-state index contributed by atoms with van der Waals surface area (Å²) in [5.41, 5.74) is 2.94. The summed E-state index contributed by atoms with van der Waals surface area (Å²) in [6.45, 7) is 6.37. The zero-order chi connectivity index (χ0) is 19.8. The fraction of sp³-hybridized carbons (Fsp3) is 0.478. The van der Waals surface area contributed by atoms with Crippen molar-refractivity contribution >= 4 is 10.9 Å². The number of morpholine rings is 1. The van der Waals surface area contributed by atoms with Crippen LogP contribution in [0.4, 0.5) is 0 Å². The highest BCUT2D eigenvalue weighted by molar-refractivity contribution is 5.89. The average Bonchev–Trinajstić information content (AvgIpc) is 3.13. The number of rotatable bonds is 5. The third-order valence-corrected chi connectivity index (χ3v) is 5.90. The molecule has 1 N–H and O–H groups in total. The van der Waals surface area contributed by atoms with Crippen LogP contribution >= 0.6 is 0 Å². The zero-order valence-electron chi connectivity index (χ0n) is 17.1. The van der Waals surface area contributed by atoms with Gasteiger partial charge in [-0.15, -0.1) is 0 Å². The molecule has 2 aromatic heterocycles. The van der Waals surface area contributed by atoms with E-state index >= 15 is 0 Å². The van der Waals surface area contributed by atoms with Gasteiger partial charge in [-0.3, -0.25) is 9.67 Å². The molecular formula is C23H28N4O2. The molecule has 0 unspecified atom stereocenters. The molecule has 3 heterocycles. The Morgan fingerprint density at radius 2 is 2.17 bits per heavy atom. The van der Waals surface area contributed by atoms with Gasteiger partial charge >= 0.3 is 0 Å².